The highest BCUT2D eigenvalue weighted by atomic mass is 35.5. The molecule has 3 aromatic carbocycles. The van der Waals surface area contributed by atoms with Crippen molar-refractivity contribution in [1.29, 1.82) is 0 Å². The maximum Gasteiger partial charge on any atom is 0.257 e. The van der Waals surface area contributed by atoms with Crippen LogP contribution in [0.1, 0.15) is 23.7 Å². The lowest BCUT2D eigenvalue weighted by molar-refractivity contribution is -0.115. The van der Waals surface area contributed by atoms with Crippen LogP contribution in [0.3, 0.4) is 0 Å². The Labute approximate surface area is 209 Å². The second-order valence-corrected chi connectivity index (χ2v) is 10.2. The summed E-state index contributed by atoms with van der Waals surface area (Å²) in [5.41, 5.74) is 1.81. The molecule has 9 heteroatoms. The Morgan fingerprint density at radius 2 is 1.85 bits per heavy atom. The van der Waals surface area contributed by atoms with Crippen molar-refractivity contribution in [3.63, 3.8) is 0 Å². The van der Waals surface area contributed by atoms with Gasteiger partial charge in [0, 0.05) is 15.6 Å². The van der Waals surface area contributed by atoms with Gasteiger partial charge < -0.3 is 10.6 Å². The summed E-state index contributed by atoms with van der Waals surface area (Å²) in [5, 5.41) is 6.80. The molecule has 0 saturated heterocycles. The Bertz CT molecular complexity index is 1290. The Morgan fingerprint density at radius 1 is 1.03 bits per heavy atom. The van der Waals surface area contributed by atoms with Crippen molar-refractivity contribution in [3.8, 4) is 0 Å². The van der Waals surface area contributed by atoms with Crippen LogP contribution < -0.4 is 10.6 Å². The lowest BCUT2D eigenvalue weighted by atomic mass is 10.2. The molecule has 0 aliphatic carbocycles. The predicted octanol–water partition coefficient (Wildman–Crippen LogP) is 7.36. The number of benzene rings is 3. The predicted molar refractivity (Wildman–Crippen MR) is 139 cm³/mol. The molecule has 1 heterocycles. The van der Waals surface area contributed by atoms with E-state index in [2.05, 4.69) is 15.6 Å². The minimum atomic E-state index is -0.334. The molecular weight excluding hydrogens is 497 g/mol. The molecule has 0 aliphatic heterocycles. The van der Waals surface area contributed by atoms with Gasteiger partial charge in [-0.2, -0.15) is 0 Å². The number of nitrogens with one attached hydrogen (secondary N) is 2. The molecule has 2 amide bonds. The molecule has 0 radical (unpaired) electrons. The van der Waals surface area contributed by atoms with Crippen LogP contribution in [0.15, 0.2) is 71.6 Å². The molecule has 0 aliphatic rings. The number of para-hydroxylation sites is 1. The Morgan fingerprint density at radius 3 is 2.61 bits per heavy atom. The van der Waals surface area contributed by atoms with Crippen LogP contribution in [0.5, 0.6) is 0 Å². The summed E-state index contributed by atoms with van der Waals surface area (Å²) < 4.78 is 1.03. The zero-order chi connectivity index (χ0) is 23.4. The number of thiazole rings is 1. The van der Waals surface area contributed by atoms with Gasteiger partial charge in [-0.25, -0.2) is 4.98 Å². The first-order chi connectivity index (χ1) is 15.9. The van der Waals surface area contributed by atoms with E-state index in [1.54, 1.807) is 18.2 Å². The molecular formula is C24H19Cl2N3O2S2. The van der Waals surface area contributed by atoms with Crippen LogP contribution >= 0.6 is 46.3 Å². The van der Waals surface area contributed by atoms with Crippen molar-refractivity contribution in [2.75, 3.05) is 10.6 Å². The summed E-state index contributed by atoms with van der Waals surface area (Å²) in [7, 11) is 0. The second-order valence-electron chi connectivity index (χ2n) is 7.10. The van der Waals surface area contributed by atoms with Crippen LogP contribution in [-0.2, 0) is 4.79 Å². The molecule has 0 saturated carbocycles. The highest BCUT2D eigenvalue weighted by Crippen LogP contribution is 2.31. The molecule has 1 aromatic heterocycles. The number of anilines is 2. The molecule has 1 atom stereocenters. The van der Waals surface area contributed by atoms with E-state index in [1.807, 2.05) is 49.4 Å². The lowest BCUT2D eigenvalue weighted by Crippen LogP contribution is -2.24. The van der Waals surface area contributed by atoms with Gasteiger partial charge in [0.15, 0.2) is 5.13 Å². The zero-order valence-corrected chi connectivity index (χ0v) is 20.6. The number of amides is 2. The van der Waals surface area contributed by atoms with E-state index in [-0.39, 0.29) is 22.1 Å². The zero-order valence-electron chi connectivity index (χ0n) is 17.5. The van der Waals surface area contributed by atoms with E-state index in [0.717, 1.165) is 15.1 Å². The Balaban J connectivity index is 1.43. The normalized spacial score (nSPS) is 11.8. The van der Waals surface area contributed by atoms with Gasteiger partial charge in [0.05, 0.1) is 26.1 Å². The Kier molecular flexibility index (Phi) is 7.55. The van der Waals surface area contributed by atoms with Crippen LogP contribution in [0.25, 0.3) is 10.2 Å². The molecule has 1 unspecified atom stereocenters. The number of hydrogen-bond acceptors (Lipinski definition) is 5. The smallest absolute Gasteiger partial charge is 0.257 e. The molecule has 33 heavy (non-hydrogen) atoms. The third-order valence-electron chi connectivity index (χ3n) is 4.73. The van der Waals surface area contributed by atoms with Gasteiger partial charge in [0.2, 0.25) is 5.91 Å². The molecule has 0 fully saturated rings. The van der Waals surface area contributed by atoms with Gasteiger partial charge in [-0.1, -0.05) is 59.7 Å². The van der Waals surface area contributed by atoms with Gasteiger partial charge in [0.1, 0.15) is 0 Å². The van der Waals surface area contributed by atoms with E-state index >= 15 is 0 Å². The van der Waals surface area contributed by atoms with Crippen LogP contribution in [0.2, 0.25) is 10.0 Å². The lowest BCUT2D eigenvalue weighted by Gasteiger charge is -2.14. The summed E-state index contributed by atoms with van der Waals surface area (Å²) in [6, 6.07) is 19.9. The fraction of sp³-hybridized carbons (Fsp3) is 0.125. The number of halogens is 2. The third-order valence-corrected chi connectivity index (χ3v) is 7.59. The molecule has 4 rings (SSSR count). The first-order valence-electron chi connectivity index (χ1n) is 10.1. The number of aromatic nitrogens is 1. The average Bonchev–Trinajstić information content (AvgIpc) is 3.19. The van der Waals surface area contributed by atoms with Crippen LogP contribution in [-0.4, -0.2) is 22.0 Å². The summed E-state index contributed by atoms with van der Waals surface area (Å²) in [6.07, 6.45) is 0.637. The molecule has 2 N–H and O–H groups in total. The largest absolute Gasteiger partial charge is 0.322 e. The summed E-state index contributed by atoms with van der Waals surface area (Å²) in [4.78, 5) is 30.8. The minimum absolute atomic E-state index is 0.107. The molecule has 168 valence electrons. The highest BCUT2D eigenvalue weighted by molar-refractivity contribution is 8.00. The number of nitrogens with zero attached hydrogens (tertiary/aromatic N) is 1. The highest BCUT2D eigenvalue weighted by Gasteiger charge is 2.20. The van der Waals surface area contributed by atoms with Gasteiger partial charge in [-0.05, 0) is 55.0 Å². The standard InChI is InChI=1S/C24H19Cl2N3O2S2/c1-2-20(23(31)29-24-28-19-8-3-4-9-21(19)33-24)32-16-7-5-6-15(13-16)27-22(30)17-11-10-14(25)12-18(17)26/h3-13,20H,2H2,1H3,(H,27,30)(H,28,29,31). The maximum absolute atomic E-state index is 12.9. The van der Waals surface area contributed by atoms with Gasteiger partial charge in [-0.15, -0.1) is 11.8 Å². The van der Waals surface area contributed by atoms with E-state index in [1.165, 1.54) is 29.2 Å². The van der Waals surface area contributed by atoms with Crippen LogP contribution in [0.4, 0.5) is 10.8 Å². The quantitative estimate of drug-likeness (QED) is 0.252. The summed E-state index contributed by atoms with van der Waals surface area (Å²) in [6.45, 7) is 1.96. The fourth-order valence-electron chi connectivity index (χ4n) is 3.12. The molecule has 0 bridgehead atoms. The molecule has 4 aromatic rings. The average molecular weight is 516 g/mol. The van der Waals surface area contributed by atoms with E-state index in [0.29, 0.717) is 27.8 Å². The van der Waals surface area contributed by atoms with E-state index in [9.17, 15) is 9.59 Å². The number of fused-ring (bicyclic) bond motifs is 1. The van der Waals surface area contributed by atoms with E-state index < -0.39 is 0 Å². The van der Waals surface area contributed by atoms with Crippen molar-refractivity contribution in [1.82, 2.24) is 4.98 Å². The van der Waals surface area contributed by atoms with E-state index in [4.69, 9.17) is 23.2 Å². The van der Waals surface area contributed by atoms with Gasteiger partial charge in [-0.3, -0.25) is 9.59 Å². The fourth-order valence-corrected chi connectivity index (χ4v) is 5.49. The first kappa shape index (κ1) is 23.6. The number of hydrogen-bond donors (Lipinski definition) is 2. The monoisotopic (exact) mass is 515 g/mol. The SMILES string of the molecule is CCC(Sc1cccc(NC(=O)c2ccc(Cl)cc2Cl)c1)C(=O)Nc1nc2ccccc2s1. The number of rotatable bonds is 7. The van der Waals surface area contributed by atoms with Crippen LogP contribution in [0, 0.1) is 0 Å². The second kappa shape index (κ2) is 10.6. The van der Waals surface area contributed by atoms with Gasteiger partial charge >= 0.3 is 0 Å². The molecule has 0 spiro atoms. The number of carbonyl (C=O) groups is 2. The van der Waals surface area contributed by atoms with Crippen molar-refractivity contribution >= 4 is 79.2 Å². The maximum atomic E-state index is 12.9. The first-order valence-corrected chi connectivity index (χ1v) is 12.6. The summed E-state index contributed by atoms with van der Waals surface area (Å²) in [5.74, 6) is -0.441. The molecule has 5 nitrogen and oxygen atoms in total. The van der Waals surface area contributed by atoms with Gasteiger partial charge in [0.25, 0.3) is 5.91 Å². The Hall–Kier alpha value is -2.58. The third kappa shape index (κ3) is 5.86. The van der Waals surface area contributed by atoms with Crippen molar-refractivity contribution < 1.29 is 9.59 Å². The minimum Gasteiger partial charge on any atom is -0.322 e. The topological polar surface area (TPSA) is 71.1 Å². The number of thioether (sulfide) groups is 1. The summed E-state index contributed by atoms with van der Waals surface area (Å²) >= 11 is 14.9. The van der Waals surface area contributed by atoms with Crippen molar-refractivity contribution in [2.45, 2.75) is 23.5 Å². The van der Waals surface area contributed by atoms with Crippen molar-refractivity contribution in [3.05, 3.63) is 82.3 Å². The van der Waals surface area contributed by atoms with Crippen molar-refractivity contribution in [2.24, 2.45) is 0 Å². The number of carbonyl (C=O) groups excluding carboxylic acids is 2.